The Labute approximate surface area is 180 Å². The van der Waals surface area contributed by atoms with Crippen molar-refractivity contribution in [2.24, 2.45) is 5.73 Å². The number of nitrogens with zero attached hydrogens (tertiary/aromatic N) is 1. The maximum Gasteiger partial charge on any atom is 0.298 e. The Balaban J connectivity index is 1.64. The van der Waals surface area contributed by atoms with Gasteiger partial charge in [-0.15, -0.1) is 0 Å². The van der Waals surface area contributed by atoms with Crippen molar-refractivity contribution in [3.63, 3.8) is 0 Å². The molecule has 31 heavy (non-hydrogen) atoms. The Bertz CT molecular complexity index is 1160. The van der Waals surface area contributed by atoms with Crippen molar-refractivity contribution in [3.05, 3.63) is 65.8 Å². The molecule has 3 rings (SSSR count). The van der Waals surface area contributed by atoms with Crippen molar-refractivity contribution >= 4 is 21.2 Å². The first-order valence-electron chi connectivity index (χ1n) is 9.89. The van der Waals surface area contributed by atoms with E-state index in [0.717, 1.165) is 24.8 Å². The van der Waals surface area contributed by atoms with Crippen molar-refractivity contribution in [1.29, 1.82) is 0 Å². The van der Waals surface area contributed by atoms with Crippen LogP contribution in [0.15, 0.2) is 63.7 Å². The third kappa shape index (κ3) is 5.90. The van der Waals surface area contributed by atoms with E-state index in [4.69, 9.17) is 19.1 Å². The Morgan fingerprint density at radius 3 is 2.68 bits per heavy atom. The Morgan fingerprint density at radius 2 is 2.00 bits per heavy atom. The van der Waals surface area contributed by atoms with Crippen LogP contribution in [0.2, 0.25) is 0 Å². The number of ether oxygens (including phenoxy) is 1. The van der Waals surface area contributed by atoms with Crippen molar-refractivity contribution < 1.29 is 26.1 Å². The molecule has 7 nitrogen and oxygen atoms in total. The molecule has 1 unspecified atom stereocenters. The molecule has 1 heterocycles. The molecule has 3 aromatic rings. The topological polar surface area (TPSA) is 105 Å². The highest BCUT2D eigenvalue weighted by Gasteiger charge is 2.22. The molecule has 0 fully saturated rings. The summed E-state index contributed by atoms with van der Waals surface area (Å²) in [5, 5.41) is 0. The molecule has 166 valence electrons. The number of fused-ring (bicyclic) bond motifs is 1. The normalized spacial score (nSPS) is 13.5. The van der Waals surface area contributed by atoms with Crippen LogP contribution in [0.5, 0.6) is 5.75 Å². The van der Waals surface area contributed by atoms with Crippen molar-refractivity contribution in [1.82, 2.24) is 4.98 Å². The number of benzene rings is 2. The van der Waals surface area contributed by atoms with E-state index in [9.17, 15) is 12.8 Å². The molecule has 0 aliphatic carbocycles. The highest BCUT2D eigenvalue weighted by atomic mass is 32.2. The molecule has 0 saturated heterocycles. The van der Waals surface area contributed by atoms with E-state index in [2.05, 4.69) is 11.9 Å². The molecule has 0 aliphatic heterocycles. The molecule has 0 radical (unpaired) electrons. The van der Waals surface area contributed by atoms with E-state index in [1.54, 1.807) is 30.3 Å². The first kappa shape index (κ1) is 22.9. The quantitative estimate of drug-likeness (QED) is 0.362. The van der Waals surface area contributed by atoms with Gasteiger partial charge in [-0.1, -0.05) is 31.0 Å². The maximum atomic E-state index is 13.4. The van der Waals surface area contributed by atoms with Gasteiger partial charge >= 0.3 is 0 Å². The lowest BCUT2D eigenvalue weighted by atomic mass is 10.2. The van der Waals surface area contributed by atoms with Crippen molar-refractivity contribution in [2.45, 2.75) is 44.2 Å². The van der Waals surface area contributed by atoms with E-state index >= 15 is 0 Å². The van der Waals surface area contributed by atoms with Crippen LogP contribution in [0.4, 0.5) is 4.39 Å². The fraction of sp³-hybridized carbons (Fsp3) is 0.318. The van der Waals surface area contributed by atoms with E-state index in [1.165, 1.54) is 12.1 Å². The average Bonchev–Trinajstić information content (AvgIpc) is 3.14. The lowest BCUT2D eigenvalue weighted by Gasteiger charge is -2.16. The number of oxazole rings is 1. The zero-order valence-corrected chi connectivity index (χ0v) is 18.2. The van der Waals surface area contributed by atoms with Gasteiger partial charge in [-0.25, -0.2) is 13.6 Å². The van der Waals surface area contributed by atoms with Gasteiger partial charge in [0.1, 0.15) is 17.9 Å². The Morgan fingerprint density at radius 1 is 1.26 bits per heavy atom. The molecule has 1 atom stereocenters. The molecule has 1 aromatic heterocycles. The second-order valence-electron chi connectivity index (χ2n) is 7.10. The van der Waals surface area contributed by atoms with Gasteiger partial charge in [0.15, 0.2) is 17.7 Å². The van der Waals surface area contributed by atoms with Crippen LogP contribution in [-0.4, -0.2) is 26.2 Å². The van der Waals surface area contributed by atoms with Crippen LogP contribution in [0.25, 0.3) is 11.1 Å². The number of rotatable bonds is 10. The number of nitrogens with two attached hydrogens (primary N) is 1. The van der Waals surface area contributed by atoms with Gasteiger partial charge in [-0.2, -0.15) is 8.42 Å². The standard InChI is InChI=1S/C22H25FN2O5S/c1-3-4-5-21-25-19-11-8-17(12-20(19)29-21)28-14-16(13-23)22(24)30-31(26,27)18-9-6-15(2)7-10-18/h6-13,22H,3-5,14,24H2,1-2H3/b16-13-. The lowest BCUT2D eigenvalue weighted by Crippen LogP contribution is -2.31. The summed E-state index contributed by atoms with van der Waals surface area (Å²) in [6, 6.07) is 11.1. The first-order chi connectivity index (χ1) is 14.8. The van der Waals surface area contributed by atoms with E-state index in [0.29, 0.717) is 22.7 Å². The zero-order valence-electron chi connectivity index (χ0n) is 17.4. The number of aromatic nitrogens is 1. The first-order valence-corrected chi connectivity index (χ1v) is 11.3. The molecule has 0 spiro atoms. The monoisotopic (exact) mass is 448 g/mol. The summed E-state index contributed by atoms with van der Waals surface area (Å²) in [5.74, 6) is 1.05. The van der Waals surface area contributed by atoms with Crippen molar-refractivity contribution in [2.75, 3.05) is 6.61 Å². The maximum absolute atomic E-state index is 13.4. The predicted octanol–water partition coefficient (Wildman–Crippen LogP) is 4.40. The van der Waals surface area contributed by atoms with Crippen LogP contribution >= 0.6 is 0 Å². The molecular weight excluding hydrogens is 423 g/mol. The van der Waals surface area contributed by atoms with Gasteiger partial charge in [0, 0.05) is 18.1 Å². The van der Waals surface area contributed by atoms with Crippen molar-refractivity contribution in [3.8, 4) is 5.75 Å². The molecule has 0 bridgehead atoms. The molecule has 2 aromatic carbocycles. The summed E-state index contributed by atoms with van der Waals surface area (Å²) in [6.07, 6.45) is 1.41. The third-order valence-corrected chi connectivity index (χ3v) is 5.91. The summed E-state index contributed by atoms with van der Waals surface area (Å²) < 4.78 is 54.3. The number of hydrogen-bond acceptors (Lipinski definition) is 7. The molecule has 0 saturated carbocycles. The van der Waals surface area contributed by atoms with Gasteiger partial charge in [0.05, 0.1) is 11.2 Å². The van der Waals surface area contributed by atoms with Gasteiger partial charge < -0.3 is 14.9 Å². The SMILES string of the molecule is CCCCc1nc2ccc(OC/C(=C/F)C(N)OS(=O)(=O)c3ccc(C)cc3)cc2o1. The summed E-state index contributed by atoms with van der Waals surface area (Å²) in [6.45, 7) is 3.61. The van der Waals surface area contributed by atoms with E-state index < -0.39 is 16.3 Å². The fourth-order valence-corrected chi connectivity index (χ4v) is 3.76. The number of hydrogen-bond donors (Lipinski definition) is 1. The molecule has 0 amide bonds. The van der Waals surface area contributed by atoms with Gasteiger partial charge in [0.25, 0.3) is 10.1 Å². The van der Waals surface area contributed by atoms with Crippen LogP contribution < -0.4 is 10.5 Å². The minimum Gasteiger partial charge on any atom is -0.489 e. The van der Waals surface area contributed by atoms with Gasteiger partial charge in [-0.05, 0) is 37.6 Å². The van der Waals surface area contributed by atoms with Crippen LogP contribution in [0, 0.1) is 6.92 Å². The van der Waals surface area contributed by atoms with Crippen LogP contribution in [-0.2, 0) is 20.7 Å². The lowest BCUT2D eigenvalue weighted by molar-refractivity contribution is 0.225. The van der Waals surface area contributed by atoms with E-state index in [-0.39, 0.29) is 23.4 Å². The Kier molecular flexibility index (Phi) is 7.42. The highest BCUT2D eigenvalue weighted by molar-refractivity contribution is 7.86. The second kappa shape index (κ2) is 10.0. The molecule has 2 N–H and O–H groups in total. The second-order valence-corrected chi connectivity index (χ2v) is 8.67. The van der Waals surface area contributed by atoms with Gasteiger partial charge in [0.2, 0.25) is 0 Å². The molecule has 0 aliphatic rings. The predicted molar refractivity (Wildman–Crippen MR) is 115 cm³/mol. The van der Waals surface area contributed by atoms with Gasteiger partial charge in [-0.3, -0.25) is 0 Å². The summed E-state index contributed by atoms with van der Waals surface area (Å²) in [7, 11) is -4.16. The number of aryl methyl sites for hydroxylation is 2. The Hall–Kier alpha value is -2.75. The number of unbranched alkanes of at least 4 members (excludes halogenated alkanes) is 1. The summed E-state index contributed by atoms with van der Waals surface area (Å²) in [4.78, 5) is 4.34. The minimum atomic E-state index is -4.16. The minimum absolute atomic E-state index is 0.0673. The van der Waals surface area contributed by atoms with Crippen LogP contribution in [0.3, 0.4) is 0 Å². The molecular formula is C22H25FN2O5S. The van der Waals surface area contributed by atoms with Crippen LogP contribution in [0.1, 0.15) is 31.2 Å². The van der Waals surface area contributed by atoms with E-state index in [1.807, 2.05) is 6.92 Å². The average molecular weight is 449 g/mol. The third-order valence-electron chi connectivity index (χ3n) is 4.60. The zero-order chi connectivity index (χ0) is 22.4. The number of halogens is 1. The summed E-state index contributed by atoms with van der Waals surface area (Å²) >= 11 is 0. The smallest absolute Gasteiger partial charge is 0.298 e. The largest absolute Gasteiger partial charge is 0.489 e. The fourth-order valence-electron chi connectivity index (χ4n) is 2.78. The molecule has 9 heteroatoms. The highest BCUT2D eigenvalue weighted by Crippen LogP contribution is 2.23. The summed E-state index contributed by atoms with van der Waals surface area (Å²) in [5.41, 5.74) is 7.74.